The molecule has 0 saturated heterocycles. The van der Waals surface area contributed by atoms with Crippen molar-refractivity contribution in [2.75, 3.05) is 0 Å². The van der Waals surface area contributed by atoms with Gasteiger partial charge in [-0.25, -0.2) is 0 Å². The van der Waals surface area contributed by atoms with Crippen molar-refractivity contribution >= 4 is 5.71 Å². The highest BCUT2D eigenvalue weighted by atomic mass is 14.8. The van der Waals surface area contributed by atoms with E-state index >= 15 is 0 Å². The van der Waals surface area contributed by atoms with Gasteiger partial charge in [-0.3, -0.25) is 4.99 Å². The van der Waals surface area contributed by atoms with Crippen molar-refractivity contribution in [3.05, 3.63) is 11.8 Å². The molecule has 0 amide bonds. The van der Waals surface area contributed by atoms with Crippen molar-refractivity contribution in [1.82, 2.24) is 0 Å². The van der Waals surface area contributed by atoms with E-state index in [1.165, 1.54) is 5.71 Å². The third-order valence-corrected chi connectivity index (χ3v) is 2.07. The maximum Gasteiger partial charge on any atom is 0.0337 e. The van der Waals surface area contributed by atoms with Crippen LogP contribution < -0.4 is 0 Å². The lowest BCUT2D eigenvalue weighted by atomic mass is 9.90. The van der Waals surface area contributed by atoms with Crippen LogP contribution in [0.1, 0.15) is 55.4 Å². The molecule has 1 heteroatoms. The summed E-state index contributed by atoms with van der Waals surface area (Å²) in [7, 11) is 0. The molecule has 0 aromatic carbocycles. The molecule has 0 aromatic rings. The molecular weight excluding hydrogens is 170 g/mol. The molecule has 0 atom stereocenters. The molecule has 82 valence electrons. The van der Waals surface area contributed by atoms with Gasteiger partial charge >= 0.3 is 0 Å². The van der Waals surface area contributed by atoms with Crippen LogP contribution in [0.2, 0.25) is 0 Å². The zero-order chi connectivity index (χ0) is 11.6. The monoisotopic (exact) mass is 195 g/mol. The van der Waals surface area contributed by atoms with Crippen molar-refractivity contribution in [3.63, 3.8) is 0 Å². The summed E-state index contributed by atoms with van der Waals surface area (Å²) in [6.45, 7) is 17.3. The number of allylic oxidation sites excluding steroid dienone is 2. The number of hydrogen-bond donors (Lipinski definition) is 0. The normalized spacial score (nSPS) is 16.0. The van der Waals surface area contributed by atoms with Crippen LogP contribution >= 0.6 is 0 Å². The molecule has 0 bridgehead atoms. The molecule has 0 aromatic heterocycles. The fourth-order valence-corrected chi connectivity index (χ4v) is 1.09. The van der Waals surface area contributed by atoms with E-state index in [9.17, 15) is 0 Å². The zero-order valence-electron chi connectivity index (χ0n) is 11.0. The summed E-state index contributed by atoms with van der Waals surface area (Å²) in [4.78, 5) is 4.61. The van der Waals surface area contributed by atoms with E-state index in [1.54, 1.807) is 0 Å². The maximum absolute atomic E-state index is 4.61. The molecule has 0 aliphatic heterocycles. The number of rotatable bonds is 1. The highest BCUT2D eigenvalue weighted by Crippen LogP contribution is 2.21. The van der Waals surface area contributed by atoms with Crippen LogP contribution in [0.25, 0.3) is 0 Å². The van der Waals surface area contributed by atoms with Crippen molar-refractivity contribution in [2.45, 2.75) is 55.4 Å². The van der Waals surface area contributed by atoms with Crippen molar-refractivity contribution in [2.24, 2.45) is 15.8 Å². The quantitative estimate of drug-likeness (QED) is 0.548. The first kappa shape index (κ1) is 13.4. The van der Waals surface area contributed by atoms with Crippen LogP contribution in [0.3, 0.4) is 0 Å². The van der Waals surface area contributed by atoms with Gasteiger partial charge in [-0.15, -0.1) is 0 Å². The average Bonchev–Trinajstić information content (AvgIpc) is 1.79. The third kappa shape index (κ3) is 5.95. The molecule has 0 fully saturated rings. The van der Waals surface area contributed by atoms with Crippen LogP contribution in [0.4, 0.5) is 0 Å². The first-order valence-electron chi connectivity index (χ1n) is 5.27. The van der Waals surface area contributed by atoms with E-state index in [4.69, 9.17) is 0 Å². The Morgan fingerprint density at radius 2 is 1.36 bits per heavy atom. The summed E-state index contributed by atoms with van der Waals surface area (Å²) >= 11 is 0. The van der Waals surface area contributed by atoms with E-state index < -0.39 is 0 Å². The van der Waals surface area contributed by atoms with Crippen LogP contribution in [0, 0.1) is 10.8 Å². The molecule has 0 spiro atoms. The highest BCUT2D eigenvalue weighted by molar-refractivity contribution is 5.87. The predicted molar refractivity (Wildman–Crippen MR) is 65.8 cm³/mol. The Kier molecular flexibility index (Phi) is 4.11. The molecule has 0 N–H and O–H groups in total. The Morgan fingerprint density at radius 3 is 1.64 bits per heavy atom. The standard InChI is InChI=1S/C13H25N/c1-10(9-12(3,4)5)14-11(2)13(6,7)8/h9H,1-8H3/b10-9-,14-11?. The zero-order valence-corrected chi connectivity index (χ0v) is 11.0. The first-order valence-corrected chi connectivity index (χ1v) is 5.27. The summed E-state index contributed by atoms with van der Waals surface area (Å²) in [5, 5.41) is 0. The summed E-state index contributed by atoms with van der Waals surface area (Å²) in [6, 6.07) is 0. The Morgan fingerprint density at radius 1 is 0.929 bits per heavy atom. The van der Waals surface area contributed by atoms with Gasteiger partial charge in [0.25, 0.3) is 0 Å². The molecular formula is C13H25N. The second-order valence-electron chi connectivity index (χ2n) is 6.10. The molecule has 0 radical (unpaired) electrons. The SMILES string of the molecule is CC(=N/C(C)=C\C(C)(C)C)C(C)(C)C. The minimum absolute atomic E-state index is 0.174. The largest absolute Gasteiger partial charge is 0.263 e. The first-order chi connectivity index (χ1) is 6.02. The fourth-order valence-electron chi connectivity index (χ4n) is 1.09. The second kappa shape index (κ2) is 4.29. The topological polar surface area (TPSA) is 12.4 Å². The summed E-state index contributed by atoms with van der Waals surface area (Å²) < 4.78 is 0. The Bertz CT molecular complexity index is 243. The summed E-state index contributed by atoms with van der Waals surface area (Å²) in [6.07, 6.45) is 2.21. The lowest BCUT2D eigenvalue weighted by molar-refractivity contribution is 0.538. The third-order valence-electron chi connectivity index (χ3n) is 2.07. The van der Waals surface area contributed by atoms with E-state index in [1.807, 2.05) is 0 Å². The van der Waals surface area contributed by atoms with Crippen LogP contribution in [0.5, 0.6) is 0 Å². The average molecular weight is 195 g/mol. The molecule has 0 heterocycles. The molecule has 0 aliphatic carbocycles. The molecule has 0 rings (SSSR count). The smallest absolute Gasteiger partial charge is 0.0337 e. The van der Waals surface area contributed by atoms with E-state index in [2.05, 4.69) is 66.5 Å². The summed E-state index contributed by atoms with van der Waals surface area (Å²) in [5.41, 5.74) is 2.69. The molecule has 1 nitrogen and oxygen atoms in total. The number of nitrogens with zero attached hydrogens (tertiary/aromatic N) is 1. The van der Waals surface area contributed by atoms with Gasteiger partial charge in [-0.1, -0.05) is 47.6 Å². The van der Waals surface area contributed by atoms with Crippen LogP contribution in [-0.2, 0) is 0 Å². The minimum atomic E-state index is 0.174. The maximum atomic E-state index is 4.61. The van der Waals surface area contributed by atoms with Gasteiger partial charge < -0.3 is 0 Å². The number of hydrogen-bond acceptors (Lipinski definition) is 1. The van der Waals surface area contributed by atoms with Crippen molar-refractivity contribution < 1.29 is 0 Å². The fraction of sp³-hybridized carbons (Fsp3) is 0.769. The van der Waals surface area contributed by atoms with Gasteiger partial charge in [0.15, 0.2) is 0 Å². The van der Waals surface area contributed by atoms with Crippen LogP contribution in [-0.4, -0.2) is 5.71 Å². The van der Waals surface area contributed by atoms with Crippen LogP contribution in [0.15, 0.2) is 16.8 Å². The molecule has 0 saturated carbocycles. The lowest BCUT2D eigenvalue weighted by Gasteiger charge is -2.19. The number of aliphatic imine (C=N–C) groups is 1. The van der Waals surface area contributed by atoms with Gasteiger partial charge in [-0.2, -0.15) is 0 Å². The van der Waals surface area contributed by atoms with Crippen molar-refractivity contribution in [3.8, 4) is 0 Å². The van der Waals surface area contributed by atoms with Gasteiger partial charge in [0.05, 0.1) is 0 Å². The van der Waals surface area contributed by atoms with Gasteiger partial charge in [0, 0.05) is 11.4 Å². The van der Waals surface area contributed by atoms with Crippen molar-refractivity contribution in [1.29, 1.82) is 0 Å². The Balaban J connectivity index is 4.77. The highest BCUT2D eigenvalue weighted by Gasteiger charge is 2.14. The van der Waals surface area contributed by atoms with Gasteiger partial charge in [0.1, 0.15) is 0 Å². The lowest BCUT2D eigenvalue weighted by Crippen LogP contribution is -2.16. The van der Waals surface area contributed by atoms with E-state index in [-0.39, 0.29) is 10.8 Å². The molecule has 14 heavy (non-hydrogen) atoms. The van der Waals surface area contributed by atoms with E-state index in [0.29, 0.717) is 0 Å². The second-order valence-corrected chi connectivity index (χ2v) is 6.10. The Hall–Kier alpha value is -0.590. The molecule has 0 unspecified atom stereocenters. The van der Waals surface area contributed by atoms with E-state index in [0.717, 1.165) is 5.70 Å². The van der Waals surface area contributed by atoms with Gasteiger partial charge in [-0.05, 0) is 24.7 Å². The molecule has 0 aliphatic rings. The predicted octanol–water partition coefficient (Wildman–Crippen LogP) is 4.44. The summed E-state index contributed by atoms with van der Waals surface area (Å²) in [5.74, 6) is 0. The minimum Gasteiger partial charge on any atom is -0.263 e. The Labute approximate surface area is 89.3 Å². The van der Waals surface area contributed by atoms with Gasteiger partial charge in [0.2, 0.25) is 0 Å².